The largest absolute Gasteiger partial charge is 0.475 e. The molecule has 2 heterocycles. The maximum Gasteiger partial charge on any atom is 0.371 e. The Labute approximate surface area is 94.9 Å². The number of carboxylic acid groups (broad SMARTS) is 1. The van der Waals surface area contributed by atoms with Gasteiger partial charge in [0.15, 0.2) is 5.09 Å². The van der Waals surface area contributed by atoms with Gasteiger partial charge in [0, 0.05) is 18.5 Å². The molecule has 1 aromatic rings. The zero-order valence-corrected chi connectivity index (χ0v) is 9.37. The van der Waals surface area contributed by atoms with Gasteiger partial charge in [-0.25, -0.2) is 4.79 Å². The average molecular weight is 244 g/mol. The van der Waals surface area contributed by atoms with Crippen LogP contribution in [0.5, 0.6) is 0 Å². The molecule has 2 rings (SSSR count). The predicted octanol–water partition coefficient (Wildman–Crippen LogP) is 1.26. The molecular weight excluding hydrogens is 232 g/mol. The van der Waals surface area contributed by atoms with Crippen LogP contribution in [0.3, 0.4) is 0 Å². The van der Waals surface area contributed by atoms with E-state index < -0.39 is 16.8 Å². The summed E-state index contributed by atoms with van der Waals surface area (Å²) < 4.78 is 22.2. The molecule has 6 heteroatoms. The predicted molar refractivity (Wildman–Crippen MR) is 55.9 cm³/mol. The van der Waals surface area contributed by atoms with Crippen LogP contribution in [0.15, 0.2) is 21.6 Å². The Morgan fingerprint density at radius 3 is 2.62 bits per heavy atom. The highest BCUT2D eigenvalue weighted by Crippen LogP contribution is 2.21. The third kappa shape index (κ3) is 2.33. The summed E-state index contributed by atoms with van der Waals surface area (Å²) in [4.78, 5) is 10.6. The molecule has 16 heavy (non-hydrogen) atoms. The van der Waals surface area contributed by atoms with Crippen LogP contribution in [-0.2, 0) is 15.5 Å². The maximum atomic E-state index is 12.0. The normalized spacial score (nSPS) is 19.5. The molecule has 5 nitrogen and oxygen atoms in total. The van der Waals surface area contributed by atoms with Gasteiger partial charge in [-0.05, 0) is 25.0 Å². The molecule has 0 aliphatic carbocycles. The lowest BCUT2D eigenvalue weighted by Crippen LogP contribution is -2.24. The molecule has 1 aliphatic rings. The van der Waals surface area contributed by atoms with Gasteiger partial charge >= 0.3 is 5.97 Å². The Morgan fingerprint density at radius 1 is 1.38 bits per heavy atom. The van der Waals surface area contributed by atoms with Crippen molar-refractivity contribution in [1.82, 2.24) is 0 Å². The second-order valence-electron chi connectivity index (χ2n) is 3.53. The van der Waals surface area contributed by atoms with E-state index in [-0.39, 0.29) is 16.1 Å². The monoisotopic (exact) mass is 244 g/mol. The van der Waals surface area contributed by atoms with Gasteiger partial charge in [0.1, 0.15) is 0 Å². The van der Waals surface area contributed by atoms with Crippen LogP contribution < -0.4 is 0 Å². The number of furan rings is 1. The maximum absolute atomic E-state index is 12.0. The first kappa shape index (κ1) is 11.3. The summed E-state index contributed by atoms with van der Waals surface area (Å²) in [5, 5.41) is 8.92. The second-order valence-corrected chi connectivity index (χ2v) is 5.20. The molecule has 0 saturated carbocycles. The summed E-state index contributed by atoms with van der Waals surface area (Å²) in [5.74, 6) is -1.31. The average Bonchev–Trinajstić information content (AvgIpc) is 2.78. The zero-order valence-electron chi connectivity index (χ0n) is 8.55. The minimum atomic E-state index is -1.28. The molecule has 0 radical (unpaired) electrons. The minimum absolute atomic E-state index is 0.00143. The van der Waals surface area contributed by atoms with Crippen molar-refractivity contribution in [3.8, 4) is 0 Å². The molecule has 1 aliphatic heterocycles. The lowest BCUT2D eigenvalue weighted by Gasteiger charge is -2.19. The number of rotatable bonds is 3. The van der Waals surface area contributed by atoms with E-state index in [1.54, 1.807) is 0 Å². The van der Waals surface area contributed by atoms with Crippen LogP contribution in [0.2, 0.25) is 0 Å². The summed E-state index contributed by atoms with van der Waals surface area (Å²) in [6.45, 7) is 1.20. The highest BCUT2D eigenvalue weighted by atomic mass is 32.2. The van der Waals surface area contributed by atoms with Crippen LogP contribution >= 0.6 is 0 Å². The van der Waals surface area contributed by atoms with Crippen LogP contribution in [-0.4, -0.2) is 33.7 Å². The van der Waals surface area contributed by atoms with Crippen molar-refractivity contribution in [2.24, 2.45) is 0 Å². The number of hydrogen-bond acceptors (Lipinski definition) is 4. The fraction of sp³-hybridized carbons (Fsp3) is 0.500. The van der Waals surface area contributed by atoms with Crippen molar-refractivity contribution in [3.63, 3.8) is 0 Å². The van der Waals surface area contributed by atoms with E-state index in [2.05, 4.69) is 0 Å². The first-order valence-electron chi connectivity index (χ1n) is 5.00. The minimum Gasteiger partial charge on any atom is -0.475 e. The first-order valence-corrected chi connectivity index (χ1v) is 6.21. The molecule has 1 unspecified atom stereocenters. The van der Waals surface area contributed by atoms with Gasteiger partial charge in [0.25, 0.3) is 0 Å². The standard InChI is InChI=1S/C10H12O5S/c11-10(12)8-1-2-9(15-8)16(13)7-3-5-14-6-4-7/h1-2,7H,3-6H2,(H,11,12). The third-order valence-electron chi connectivity index (χ3n) is 2.46. The summed E-state index contributed by atoms with van der Waals surface area (Å²) in [7, 11) is -1.28. The smallest absolute Gasteiger partial charge is 0.371 e. The molecular formula is C10H12O5S. The van der Waals surface area contributed by atoms with Crippen LogP contribution in [0.1, 0.15) is 23.4 Å². The summed E-state index contributed by atoms with van der Waals surface area (Å²) in [5.41, 5.74) is 0. The Kier molecular flexibility index (Phi) is 3.40. The van der Waals surface area contributed by atoms with Crippen LogP contribution in [0, 0.1) is 0 Å². The fourth-order valence-corrected chi connectivity index (χ4v) is 2.92. The molecule has 0 spiro atoms. The molecule has 0 bridgehead atoms. The molecule has 0 amide bonds. The van der Waals surface area contributed by atoms with Gasteiger partial charge in [-0.15, -0.1) is 0 Å². The van der Waals surface area contributed by atoms with Crippen molar-refractivity contribution in [3.05, 3.63) is 17.9 Å². The number of aromatic carboxylic acids is 1. The van der Waals surface area contributed by atoms with Crippen molar-refractivity contribution in [1.29, 1.82) is 0 Å². The number of ether oxygens (including phenoxy) is 1. The molecule has 1 atom stereocenters. The van der Waals surface area contributed by atoms with E-state index in [0.717, 1.165) is 12.8 Å². The quantitative estimate of drug-likeness (QED) is 0.866. The Morgan fingerprint density at radius 2 is 2.06 bits per heavy atom. The molecule has 1 fully saturated rings. The Bertz CT molecular complexity index is 405. The van der Waals surface area contributed by atoms with E-state index >= 15 is 0 Å². The topological polar surface area (TPSA) is 76.7 Å². The van der Waals surface area contributed by atoms with Gasteiger partial charge in [-0.3, -0.25) is 4.21 Å². The summed E-state index contributed by atoms with van der Waals surface area (Å²) in [6.07, 6.45) is 1.44. The highest BCUT2D eigenvalue weighted by molar-refractivity contribution is 7.85. The van der Waals surface area contributed by atoms with Gasteiger partial charge in [-0.1, -0.05) is 0 Å². The van der Waals surface area contributed by atoms with Gasteiger partial charge in [0.05, 0.1) is 10.8 Å². The van der Waals surface area contributed by atoms with Crippen molar-refractivity contribution < 1.29 is 23.3 Å². The molecule has 1 N–H and O–H groups in total. The lowest BCUT2D eigenvalue weighted by atomic mass is 10.2. The van der Waals surface area contributed by atoms with E-state index in [1.807, 2.05) is 0 Å². The lowest BCUT2D eigenvalue weighted by molar-refractivity contribution is 0.0656. The number of carbonyl (C=O) groups is 1. The summed E-state index contributed by atoms with van der Waals surface area (Å²) in [6, 6.07) is 2.80. The van der Waals surface area contributed by atoms with Crippen molar-refractivity contribution in [2.75, 3.05) is 13.2 Å². The highest BCUT2D eigenvalue weighted by Gasteiger charge is 2.24. The Balaban J connectivity index is 2.10. The van der Waals surface area contributed by atoms with E-state index in [0.29, 0.717) is 13.2 Å². The van der Waals surface area contributed by atoms with E-state index in [4.69, 9.17) is 14.3 Å². The zero-order chi connectivity index (χ0) is 11.5. The van der Waals surface area contributed by atoms with E-state index in [1.165, 1.54) is 12.1 Å². The van der Waals surface area contributed by atoms with Crippen molar-refractivity contribution in [2.45, 2.75) is 23.2 Å². The van der Waals surface area contributed by atoms with Gasteiger partial charge in [-0.2, -0.15) is 0 Å². The van der Waals surface area contributed by atoms with Crippen LogP contribution in [0.25, 0.3) is 0 Å². The molecule has 1 aromatic heterocycles. The third-order valence-corrected chi connectivity index (χ3v) is 4.15. The first-order chi connectivity index (χ1) is 7.68. The van der Waals surface area contributed by atoms with Crippen molar-refractivity contribution >= 4 is 16.8 Å². The SMILES string of the molecule is O=C(O)c1ccc(S(=O)C2CCOCC2)o1. The molecule has 0 aromatic carbocycles. The van der Waals surface area contributed by atoms with E-state index in [9.17, 15) is 9.00 Å². The second kappa shape index (κ2) is 4.80. The van der Waals surface area contributed by atoms with Gasteiger partial charge in [0.2, 0.25) is 5.76 Å². The number of carboxylic acids is 1. The molecule has 88 valence electrons. The summed E-state index contributed by atoms with van der Waals surface area (Å²) >= 11 is 0. The number of hydrogen-bond donors (Lipinski definition) is 1. The Hall–Kier alpha value is -1.14. The molecule has 1 saturated heterocycles. The van der Waals surface area contributed by atoms with Crippen LogP contribution in [0.4, 0.5) is 0 Å². The van der Waals surface area contributed by atoms with Gasteiger partial charge < -0.3 is 14.3 Å². The fourth-order valence-electron chi connectivity index (χ4n) is 1.60.